The highest BCUT2D eigenvalue weighted by molar-refractivity contribution is 6.31. The molecule has 2 aromatic rings. The summed E-state index contributed by atoms with van der Waals surface area (Å²) in [4.78, 5) is 8.48. The first-order valence-electron chi connectivity index (χ1n) is 7.02. The van der Waals surface area contributed by atoms with Gasteiger partial charge in [0.1, 0.15) is 17.4 Å². The number of hydrogen-bond acceptors (Lipinski definition) is 4. The minimum Gasteiger partial charge on any atom is -0.439 e. The van der Waals surface area contributed by atoms with Crippen LogP contribution in [0.4, 0.5) is 5.82 Å². The third kappa shape index (κ3) is 3.64. The maximum atomic E-state index is 6.27. The van der Waals surface area contributed by atoms with E-state index in [0.717, 1.165) is 21.9 Å². The Bertz CT molecular complexity index is 656. The maximum absolute atomic E-state index is 6.27. The maximum Gasteiger partial charge on any atom is 0.224 e. The number of nitrogens with two attached hydrogens (primary N) is 1. The van der Waals surface area contributed by atoms with E-state index in [4.69, 9.17) is 22.1 Å². The van der Waals surface area contributed by atoms with E-state index in [2.05, 4.69) is 23.8 Å². The van der Waals surface area contributed by atoms with Crippen molar-refractivity contribution in [2.24, 2.45) is 0 Å². The minimum atomic E-state index is 0.321. The fourth-order valence-electron chi connectivity index (χ4n) is 2.04. The summed E-state index contributed by atoms with van der Waals surface area (Å²) < 4.78 is 5.89. The van der Waals surface area contributed by atoms with Crippen LogP contribution in [0.15, 0.2) is 18.2 Å². The summed E-state index contributed by atoms with van der Waals surface area (Å²) in [5, 5.41) is 0.756. The molecule has 0 saturated heterocycles. The van der Waals surface area contributed by atoms with E-state index in [0.29, 0.717) is 29.9 Å². The van der Waals surface area contributed by atoms with Crippen LogP contribution in [0.2, 0.25) is 5.02 Å². The molecule has 0 spiro atoms. The Kier molecular flexibility index (Phi) is 4.68. The zero-order chi connectivity index (χ0) is 15.6. The third-order valence-electron chi connectivity index (χ3n) is 3.22. The van der Waals surface area contributed by atoms with E-state index in [9.17, 15) is 0 Å². The number of hydrogen-bond donors (Lipinski definition) is 1. The first-order valence-corrected chi connectivity index (χ1v) is 7.39. The van der Waals surface area contributed by atoms with Crippen molar-refractivity contribution in [1.82, 2.24) is 9.97 Å². The van der Waals surface area contributed by atoms with E-state index < -0.39 is 0 Å². The molecule has 0 atom stereocenters. The fourth-order valence-corrected chi connectivity index (χ4v) is 2.47. The van der Waals surface area contributed by atoms with Crippen molar-refractivity contribution in [3.8, 4) is 11.6 Å². The molecule has 2 rings (SSSR count). The van der Waals surface area contributed by atoms with Gasteiger partial charge in [0.05, 0.1) is 0 Å². The lowest BCUT2D eigenvalue weighted by molar-refractivity contribution is 0.455. The predicted molar refractivity (Wildman–Crippen MR) is 86.2 cm³/mol. The Morgan fingerprint density at radius 1 is 1.24 bits per heavy atom. The van der Waals surface area contributed by atoms with Crippen LogP contribution in [-0.2, 0) is 6.42 Å². The second kappa shape index (κ2) is 6.31. The van der Waals surface area contributed by atoms with E-state index in [1.54, 1.807) is 6.07 Å². The van der Waals surface area contributed by atoms with E-state index in [-0.39, 0.29) is 0 Å². The first-order chi connectivity index (χ1) is 9.90. The van der Waals surface area contributed by atoms with Gasteiger partial charge >= 0.3 is 0 Å². The van der Waals surface area contributed by atoms with Crippen molar-refractivity contribution in [1.29, 1.82) is 0 Å². The molecule has 1 aromatic heterocycles. The number of aromatic nitrogens is 2. The molecule has 0 amide bonds. The lowest BCUT2D eigenvalue weighted by atomic mass is 10.0. The van der Waals surface area contributed by atoms with Gasteiger partial charge in [0, 0.05) is 17.5 Å². The summed E-state index contributed by atoms with van der Waals surface area (Å²) in [6.07, 6.45) is 0.707. The van der Waals surface area contributed by atoms with Crippen molar-refractivity contribution in [2.75, 3.05) is 5.73 Å². The van der Waals surface area contributed by atoms with Crippen LogP contribution >= 0.6 is 11.6 Å². The molecule has 0 bridgehead atoms. The predicted octanol–water partition coefficient (Wildman–Crippen LogP) is 4.50. The van der Waals surface area contributed by atoms with Crippen LogP contribution < -0.4 is 10.5 Å². The molecule has 0 aliphatic rings. The van der Waals surface area contributed by atoms with E-state index in [1.807, 2.05) is 26.0 Å². The zero-order valence-electron chi connectivity index (χ0n) is 12.8. The molecule has 4 nitrogen and oxygen atoms in total. The number of benzene rings is 1. The van der Waals surface area contributed by atoms with Gasteiger partial charge in [0.25, 0.3) is 0 Å². The van der Waals surface area contributed by atoms with Gasteiger partial charge in [0.15, 0.2) is 0 Å². The summed E-state index contributed by atoms with van der Waals surface area (Å²) in [7, 11) is 0. The summed E-state index contributed by atoms with van der Waals surface area (Å²) in [6, 6.07) is 5.51. The third-order valence-corrected chi connectivity index (χ3v) is 3.54. The highest BCUT2D eigenvalue weighted by Crippen LogP contribution is 2.33. The topological polar surface area (TPSA) is 61.0 Å². The number of aryl methyl sites for hydroxylation is 2. The average Bonchev–Trinajstić information content (AvgIpc) is 2.40. The second-order valence-corrected chi connectivity index (χ2v) is 5.70. The molecular weight excluding hydrogens is 286 g/mol. The van der Waals surface area contributed by atoms with Crippen molar-refractivity contribution in [3.05, 3.63) is 40.2 Å². The van der Waals surface area contributed by atoms with Gasteiger partial charge in [-0.1, -0.05) is 32.4 Å². The van der Waals surface area contributed by atoms with Crippen molar-refractivity contribution < 1.29 is 4.74 Å². The SMILES string of the molecule is CCc1nc(N)cc(Oc2cc(C(C)C)c(Cl)cc2C)n1. The Labute approximate surface area is 130 Å². The highest BCUT2D eigenvalue weighted by atomic mass is 35.5. The highest BCUT2D eigenvalue weighted by Gasteiger charge is 2.12. The molecule has 0 aliphatic heterocycles. The van der Waals surface area contributed by atoms with E-state index >= 15 is 0 Å². The number of nitrogens with zero attached hydrogens (tertiary/aromatic N) is 2. The Balaban J connectivity index is 2.39. The zero-order valence-corrected chi connectivity index (χ0v) is 13.5. The molecule has 0 saturated carbocycles. The summed E-state index contributed by atoms with van der Waals surface area (Å²) in [5.74, 6) is 2.60. The second-order valence-electron chi connectivity index (χ2n) is 5.30. The monoisotopic (exact) mass is 305 g/mol. The molecule has 1 heterocycles. The molecule has 0 radical (unpaired) electrons. The number of halogens is 1. The Morgan fingerprint density at radius 2 is 1.95 bits per heavy atom. The summed E-state index contributed by atoms with van der Waals surface area (Å²) in [5.41, 5.74) is 7.79. The lowest BCUT2D eigenvalue weighted by Crippen LogP contribution is -2.01. The quantitative estimate of drug-likeness (QED) is 0.903. The Hall–Kier alpha value is -1.81. The number of anilines is 1. The van der Waals surface area contributed by atoms with Gasteiger partial charge in [-0.25, -0.2) is 4.98 Å². The van der Waals surface area contributed by atoms with Crippen LogP contribution in [0, 0.1) is 6.92 Å². The molecule has 1 aromatic carbocycles. The van der Waals surface area contributed by atoms with Gasteiger partial charge in [-0.2, -0.15) is 4.98 Å². The standard InChI is InChI=1S/C16H20ClN3O/c1-5-15-19-14(18)8-16(20-15)21-13-7-11(9(2)3)12(17)6-10(13)4/h6-9H,5H2,1-4H3,(H2,18,19,20). The Morgan fingerprint density at radius 3 is 2.57 bits per heavy atom. The van der Waals surface area contributed by atoms with Crippen LogP contribution in [0.5, 0.6) is 11.6 Å². The molecule has 0 unspecified atom stereocenters. The molecule has 0 fully saturated rings. The van der Waals surface area contributed by atoms with Gasteiger partial charge < -0.3 is 10.5 Å². The normalized spacial score (nSPS) is 11.0. The summed E-state index contributed by atoms with van der Waals surface area (Å²) >= 11 is 6.27. The van der Waals surface area contributed by atoms with Crippen LogP contribution in [0.1, 0.15) is 43.6 Å². The molecule has 21 heavy (non-hydrogen) atoms. The van der Waals surface area contributed by atoms with Crippen LogP contribution in [0.3, 0.4) is 0 Å². The number of nitrogen functional groups attached to an aromatic ring is 1. The first kappa shape index (κ1) is 15.6. The average molecular weight is 306 g/mol. The smallest absolute Gasteiger partial charge is 0.224 e. The molecule has 2 N–H and O–H groups in total. The fraction of sp³-hybridized carbons (Fsp3) is 0.375. The van der Waals surface area contributed by atoms with Crippen molar-refractivity contribution >= 4 is 17.4 Å². The lowest BCUT2D eigenvalue weighted by Gasteiger charge is -2.14. The van der Waals surface area contributed by atoms with Crippen molar-refractivity contribution in [2.45, 2.75) is 40.0 Å². The van der Waals surface area contributed by atoms with Crippen molar-refractivity contribution in [3.63, 3.8) is 0 Å². The van der Waals surface area contributed by atoms with Gasteiger partial charge in [-0.05, 0) is 36.1 Å². The van der Waals surface area contributed by atoms with Gasteiger partial charge in [0.2, 0.25) is 5.88 Å². The van der Waals surface area contributed by atoms with E-state index in [1.165, 1.54) is 0 Å². The number of ether oxygens (including phenoxy) is 1. The minimum absolute atomic E-state index is 0.321. The number of rotatable bonds is 4. The summed E-state index contributed by atoms with van der Waals surface area (Å²) in [6.45, 7) is 8.12. The van der Waals surface area contributed by atoms with Crippen LogP contribution in [0.25, 0.3) is 0 Å². The van der Waals surface area contributed by atoms with Gasteiger partial charge in [-0.3, -0.25) is 0 Å². The largest absolute Gasteiger partial charge is 0.439 e. The molecular formula is C16H20ClN3O. The molecule has 112 valence electrons. The van der Waals surface area contributed by atoms with Crippen LogP contribution in [-0.4, -0.2) is 9.97 Å². The molecule has 5 heteroatoms. The molecule has 0 aliphatic carbocycles. The van der Waals surface area contributed by atoms with Gasteiger partial charge in [-0.15, -0.1) is 0 Å².